The normalized spacial score (nSPS) is 14.3. The number of allylic oxidation sites excluding steroid dienone is 2. The highest BCUT2D eigenvalue weighted by atomic mass is 35.5. The number of unbranched alkanes of at least 4 members (excludes halogenated alkanes) is 1. The molecule has 0 saturated carbocycles. The molecule has 0 aromatic rings. The van der Waals surface area contributed by atoms with Crippen LogP contribution in [0.4, 0.5) is 0 Å². The fourth-order valence-electron chi connectivity index (χ4n) is 0.712. The number of hydrogen-bond donors (Lipinski definition) is 1. The summed E-state index contributed by atoms with van der Waals surface area (Å²) in [5, 5.41) is 8.86. The minimum Gasteiger partial charge on any atom is -0.393 e. The molecular weight excluding hydrogens is 148 g/mol. The van der Waals surface area contributed by atoms with Gasteiger partial charge in [-0.1, -0.05) is 12.2 Å². The summed E-state index contributed by atoms with van der Waals surface area (Å²) in [7, 11) is 0. The molecule has 0 aliphatic rings. The summed E-state index contributed by atoms with van der Waals surface area (Å²) in [4.78, 5) is 0. The molecule has 10 heavy (non-hydrogen) atoms. The first-order valence-electron chi connectivity index (χ1n) is 3.66. The zero-order chi connectivity index (χ0) is 7.82. The molecule has 0 radical (unpaired) electrons. The minimum absolute atomic E-state index is 0.163. The highest BCUT2D eigenvalue weighted by Gasteiger charge is 1.91. The van der Waals surface area contributed by atoms with Gasteiger partial charge in [0.1, 0.15) is 0 Å². The SMILES string of the molecule is CC(O)CCC/C=C/CCl. The molecule has 0 aromatic carbocycles. The van der Waals surface area contributed by atoms with Crippen LogP contribution in [0.1, 0.15) is 26.2 Å². The third kappa shape index (κ3) is 7.99. The zero-order valence-corrected chi connectivity index (χ0v) is 7.14. The quantitative estimate of drug-likeness (QED) is 0.374. The van der Waals surface area contributed by atoms with Crippen LogP contribution in [0.25, 0.3) is 0 Å². The van der Waals surface area contributed by atoms with E-state index in [0.717, 1.165) is 19.3 Å². The molecule has 1 atom stereocenters. The van der Waals surface area contributed by atoms with E-state index in [1.807, 2.05) is 13.0 Å². The highest BCUT2D eigenvalue weighted by molar-refractivity contribution is 6.18. The molecule has 0 aromatic heterocycles. The second-order valence-corrected chi connectivity index (χ2v) is 2.71. The molecule has 60 valence electrons. The Kier molecular flexibility index (Phi) is 7.09. The first kappa shape index (κ1) is 9.99. The predicted octanol–water partition coefficient (Wildman–Crippen LogP) is 2.33. The van der Waals surface area contributed by atoms with Crippen molar-refractivity contribution in [3.05, 3.63) is 12.2 Å². The summed E-state index contributed by atoms with van der Waals surface area (Å²) in [6.45, 7) is 1.81. The number of alkyl halides is 1. The number of aliphatic hydroxyl groups excluding tert-OH is 1. The zero-order valence-electron chi connectivity index (χ0n) is 6.39. The second-order valence-electron chi connectivity index (χ2n) is 2.41. The van der Waals surface area contributed by atoms with Gasteiger partial charge in [-0.3, -0.25) is 0 Å². The smallest absolute Gasteiger partial charge is 0.0512 e. The maximum Gasteiger partial charge on any atom is 0.0512 e. The molecule has 2 heteroatoms. The number of aliphatic hydroxyl groups is 1. The lowest BCUT2D eigenvalue weighted by atomic mass is 10.2. The van der Waals surface area contributed by atoms with Gasteiger partial charge in [0.15, 0.2) is 0 Å². The average molecular weight is 163 g/mol. The van der Waals surface area contributed by atoms with Gasteiger partial charge in [0.05, 0.1) is 6.10 Å². The first-order chi connectivity index (χ1) is 4.77. The molecule has 0 saturated heterocycles. The van der Waals surface area contributed by atoms with Gasteiger partial charge in [-0.05, 0) is 26.2 Å². The number of hydrogen-bond acceptors (Lipinski definition) is 1. The fraction of sp³-hybridized carbons (Fsp3) is 0.750. The van der Waals surface area contributed by atoms with E-state index in [1.165, 1.54) is 0 Å². The number of halogens is 1. The van der Waals surface area contributed by atoms with Crippen molar-refractivity contribution in [2.75, 3.05) is 5.88 Å². The number of rotatable bonds is 5. The van der Waals surface area contributed by atoms with Crippen molar-refractivity contribution in [2.45, 2.75) is 32.3 Å². The molecule has 1 N–H and O–H groups in total. The Morgan fingerprint density at radius 2 is 2.20 bits per heavy atom. The van der Waals surface area contributed by atoms with Crippen LogP contribution in [0, 0.1) is 0 Å². The maximum absolute atomic E-state index is 8.86. The van der Waals surface area contributed by atoms with Gasteiger partial charge in [0, 0.05) is 5.88 Å². The Hall–Kier alpha value is -0.0100. The van der Waals surface area contributed by atoms with Crippen LogP contribution in [0.15, 0.2) is 12.2 Å². The van der Waals surface area contributed by atoms with E-state index >= 15 is 0 Å². The molecule has 0 amide bonds. The Bertz CT molecular complexity index is 89.3. The molecule has 1 nitrogen and oxygen atoms in total. The lowest BCUT2D eigenvalue weighted by Gasteiger charge is -1.99. The summed E-state index contributed by atoms with van der Waals surface area (Å²) < 4.78 is 0. The third-order valence-electron chi connectivity index (χ3n) is 1.25. The first-order valence-corrected chi connectivity index (χ1v) is 4.20. The van der Waals surface area contributed by atoms with Crippen molar-refractivity contribution in [1.82, 2.24) is 0 Å². The van der Waals surface area contributed by atoms with E-state index in [2.05, 4.69) is 6.08 Å². The Morgan fingerprint density at radius 3 is 2.70 bits per heavy atom. The fourth-order valence-corrected chi connectivity index (χ4v) is 0.838. The summed E-state index contributed by atoms with van der Waals surface area (Å²) in [5.41, 5.74) is 0. The molecule has 0 heterocycles. The van der Waals surface area contributed by atoms with E-state index in [1.54, 1.807) is 0 Å². The van der Waals surface area contributed by atoms with E-state index in [0.29, 0.717) is 5.88 Å². The molecule has 0 fully saturated rings. The molecule has 0 bridgehead atoms. The summed E-state index contributed by atoms with van der Waals surface area (Å²) in [6.07, 6.45) is 6.78. The van der Waals surface area contributed by atoms with Gasteiger partial charge >= 0.3 is 0 Å². The highest BCUT2D eigenvalue weighted by Crippen LogP contribution is 2.00. The topological polar surface area (TPSA) is 20.2 Å². The molecule has 1 unspecified atom stereocenters. The van der Waals surface area contributed by atoms with Crippen molar-refractivity contribution < 1.29 is 5.11 Å². The molecule has 0 spiro atoms. The van der Waals surface area contributed by atoms with Crippen molar-refractivity contribution in [2.24, 2.45) is 0 Å². The van der Waals surface area contributed by atoms with Gasteiger partial charge in [-0.25, -0.2) is 0 Å². The largest absolute Gasteiger partial charge is 0.393 e. The van der Waals surface area contributed by atoms with Crippen molar-refractivity contribution in [3.63, 3.8) is 0 Å². The predicted molar refractivity (Wildman–Crippen MR) is 45.4 cm³/mol. The van der Waals surface area contributed by atoms with Crippen LogP contribution in [0.5, 0.6) is 0 Å². The van der Waals surface area contributed by atoms with E-state index in [4.69, 9.17) is 16.7 Å². The summed E-state index contributed by atoms with van der Waals surface area (Å²) >= 11 is 5.41. The van der Waals surface area contributed by atoms with Gasteiger partial charge in [0.2, 0.25) is 0 Å². The van der Waals surface area contributed by atoms with Crippen LogP contribution < -0.4 is 0 Å². The third-order valence-corrected chi connectivity index (χ3v) is 1.43. The van der Waals surface area contributed by atoms with Crippen molar-refractivity contribution >= 4 is 11.6 Å². The monoisotopic (exact) mass is 162 g/mol. The van der Waals surface area contributed by atoms with E-state index in [9.17, 15) is 0 Å². The van der Waals surface area contributed by atoms with E-state index in [-0.39, 0.29) is 6.10 Å². The summed E-state index contributed by atoms with van der Waals surface area (Å²) in [6, 6.07) is 0. The van der Waals surface area contributed by atoms with Gasteiger partial charge < -0.3 is 5.11 Å². The molecule has 0 rings (SSSR count). The van der Waals surface area contributed by atoms with Crippen LogP contribution >= 0.6 is 11.6 Å². The Balaban J connectivity index is 2.97. The summed E-state index contributed by atoms with van der Waals surface area (Å²) in [5.74, 6) is 0.592. The average Bonchev–Trinajstić information content (AvgIpc) is 1.87. The van der Waals surface area contributed by atoms with Crippen LogP contribution in [-0.4, -0.2) is 17.1 Å². The van der Waals surface area contributed by atoms with Crippen LogP contribution in [0.2, 0.25) is 0 Å². The molecular formula is C8H15ClO. The molecule has 0 aliphatic heterocycles. The van der Waals surface area contributed by atoms with Crippen LogP contribution in [-0.2, 0) is 0 Å². The van der Waals surface area contributed by atoms with Gasteiger partial charge in [0.25, 0.3) is 0 Å². The van der Waals surface area contributed by atoms with Crippen LogP contribution in [0.3, 0.4) is 0 Å². The Morgan fingerprint density at radius 1 is 1.50 bits per heavy atom. The van der Waals surface area contributed by atoms with E-state index < -0.39 is 0 Å². The van der Waals surface area contributed by atoms with Gasteiger partial charge in [-0.15, -0.1) is 11.6 Å². The van der Waals surface area contributed by atoms with Crippen molar-refractivity contribution in [3.8, 4) is 0 Å². The standard InChI is InChI=1S/C8H15ClO/c1-8(10)6-4-2-3-5-7-9/h3,5,8,10H,2,4,6-7H2,1H3/b5-3+. The maximum atomic E-state index is 8.86. The lowest BCUT2D eigenvalue weighted by Crippen LogP contribution is -1.97. The minimum atomic E-state index is -0.163. The van der Waals surface area contributed by atoms with Crippen molar-refractivity contribution in [1.29, 1.82) is 0 Å². The second kappa shape index (κ2) is 7.10. The lowest BCUT2D eigenvalue weighted by molar-refractivity contribution is 0.182. The molecule has 0 aliphatic carbocycles. The van der Waals surface area contributed by atoms with Gasteiger partial charge in [-0.2, -0.15) is 0 Å². The Labute approximate surface area is 67.7 Å².